The van der Waals surface area contributed by atoms with Crippen LogP contribution in [0.5, 0.6) is 0 Å². The second-order valence-corrected chi connectivity index (χ2v) is 4.51. The lowest BCUT2D eigenvalue weighted by Gasteiger charge is -2.10. The monoisotopic (exact) mass is 299 g/mol. The number of rotatable bonds is 4. The lowest BCUT2D eigenvalue weighted by molar-refractivity contribution is -0.140. The SMILES string of the molecule is Cc1nccc(CNCc2ccc(F)c(C(F)(F)F)c2)n1. The van der Waals surface area contributed by atoms with Crippen molar-refractivity contribution in [3.63, 3.8) is 0 Å². The van der Waals surface area contributed by atoms with Crippen LogP contribution in [0.4, 0.5) is 17.6 Å². The Morgan fingerprint density at radius 1 is 1.14 bits per heavy atom. The smallest absolute Gasteiger partial charge is 0.307 e. The molecule has 0 amide bonds. The summed E-state index contributed by atoms with van der Waals surface area (Å²) in [6, 6.07) is 4.68. The average Bonchev–Trinajstić information content (AvgIpc) is 2.39. The fourth-order valence-corrected chi connectivity index (χ4v) is 1.84. The Bertz CT molecular complexity index is 626. The van der Waals surface area contributed by atoms with Gasteiger partial charge in [-0.25, -0.2) is 14.4 Å². The van der Waals surface area contributed by atoms with Gasteiger partial charge in [0.15, 0.2) is 0 Å². The molecule has 21 heavy (non-hydrogen) atoms. The van der Waals surface area contributed by atoms with Crippen LogP contribution in [0.25, 0.3) is 0 Å². The number of halogens is 4. The summed E-state index contributed by atoms with van der Waals surface area (Å²) in [5.41, 5.74) is -0.158. The van der Waals surface area contributed by atoms with E-state index in [1.54, 1.807) is 19.2 Å². The predicted molar refractivity (Wildman–Crippen MR) is 68.7 cm³/mol. The van der Waals surface area contributed by atoms with Crippen molar-refractivity contribution in [1.82, 2.24) is 15.3 Å². The lowest BCUT2D eigenvalue weighted by atomic mass is 10.1. The number of benzene rings is 1. The van der Waals surface area contributed by atoms with Gasteiger partial charge in [0.1, 0.15) is 11.6 Å². The Morgan fingerprint density at radius 2 is 1.90 bits per heavy atom. The number of aromatic nitrogens is 2. The van der Waals surface area contributed by atoms with Crippen LogP contribution in [0.1, 0.15) is 22.6 Å². The number of aryl methyl sites for hydroxylation is 1. The third-order valence-corrected chi connectivity index (χ3v) is 2.81. The van der Waals surface area contributed by atoms with Gasteiger partial charge in [0, 0.05) is 19.3 Å². The maximum Gasteiger partial charge on any atom is 0.419 e. The zero-order valence-corrected chi connectivity index (χ0v) is 11.2. The van der Waals surface area contributed by atoms with Crippen molar-refractivity contribution >= 4 is 0 Å². The lowest BCUT2D eigenvalue weighted by Crippen LogP contribution is -2.15. The topological polar surface area (TPSA) is 37.8 Å². The van der Waals surface area contributed by atoms with Crippen LogP contribution in [0, 0.1) is 12.7 Å². The molecule has 0 spiro atoms. The van der Waals surface area contributed by atoms with Crippen LogP contribution >= 0.6 is 0 Å². The van der Waals surface area contributed by atoms with E-state index in [2.05, 4.69) is 15.3 Å². The van der Waals surface area contributed by atoms with E-state index in [1.807, 2.05) is 0 Å². The Kier molecular flexibility index (Phi) is 4.52. The van der Waals surface area contributed by atoms with E-state index < -0.39 is 17.6 Å². The predicted octanol–water partition coefficient (Wildman–Crippen LogP) is 3.23. The molecule has 0 fully saturated rings. The third-order valence-electron chi connectivity index (χ3n) is 2.81. The Labute approximate surface area is 119 Å². The standard InChI is InChI=1S/C14H13F4N3/c1-9-20-5-4-11(21-9)8-19-7-10-2-3-13(15)12(6-10)14(16,17)18/h2-6,19H,7-8H2,1H3. The molecule has 0 atom stereocenters. The van der Waals surface area contributed by atoms with E-state index in [9.17, 15) is 17.6 Å². The van der Waals surface area contributed by atoms with E-state index in [0.717, 1.165) is 17.8 Å². The molecule has 3 nitrogen and oxygen atoms in total. The molecule has 1 N–H and O–H groups in total. The van der Waals surface area contributed by atoms with E-state index in [0.29, 0.717) is 17.9 Å². The first-order valence-electron chi connectivity index (χ1n) is 6.21. The molecule has 112 valence electrons. The van der Waals surface area contributed by atoms with Crippen LogP contribution < -0.4 is 5.32 Å². The number of nitrogens with one attached hydrogen (secondary N) is 1. The first kappa shape index (κ1) is 15.4. The van der Waals surface area contributed by atoms with Crippen LogP contribution in [-0.2, 0) is 19.3 Å². The highest BCUT2D eigenvalue weighted by molar-refractivity contribution is 5.27. The van der Waals surface area contributed by atoms with Gasteiger partial charge in [-0.1, -0.05) is 6.07 Å². The second kappa shape index (κ2) is 6.17. The molecule has 1 heterocycles. The molecular weight excluding hydrogens is 286 g/mol. The van der Waals surface area contributed by atoms with Gasteiger partial charge in [-0.3, -0.25) is 0 Å². The molecule has 0 aliphatic rings. The molecule has 0 radical (unpaired) electrons. The maximum absolute atomic E-state index is 13.1. The van der Waals surface area contributed by atoms with Crippen LogP contribution in [0.15, 0.2) is 30.5 Å². The van der Waals surface area contributed by atoms with Crippen LogP contribution in [-0.4, -0.2) is 9.97 Å². The first-order valence-corrected chi connectivity index (χ1v) is 6.21. The Balaban J connectivity index is 2.01. The van der Waals surface area contributed by atoms with Crippen molar-refractivity contribution in [1.29, 1.82) is 0 Å². The van der Waals surface area contributed by atoms with Gasteiger partial charge in [0.2, 0.25) is 0 Å². The highest BCUT2D eigenvalue weighted by Crippen LogP contribution is 2.31. The molecule has 1 aromatic heterocycles. The summed E-state index contributed by atoms with van der Waals surface area (Å²) < 4.78 is 50.9. The molecule has 0 saturated heterocycles. The van der Waals surface area contributed by atoms with E-state index in [1.165, 1.54) is 6.07 Å². The largest absolute Gasteiger partial charge is 0.419 e. The van der Waals surface area contributed by atoms with E-state index in [4.69, 9.17) is 0 Å². The Hall–Kier alpha value is -2.02. The summed E-state index contributed by atoms with van der Waals surface area (Å²) in [6.07, 6.45) is -3.08. The zero-order chi connectivity index (χ0) is 15.5. The summed E-state index contributed by atoms with van der Waals surface area (Å²) >= 11 is 0. The van der Waals surface area contributed by atoms with Crippen molar-refractivity contribution in [3.05, 3.63) is 58.9 Å². The number of hydrogen-bond donors (Lipinski definition) is 1. The minimum atomic E-state index is -4.69. The fraction of sp³-hybridized carbons (Fsp3) is 0.286. The highest BCUT2D eigenvalue weighted by Gasteiger charge is 2.34. The second-order valence-electron chi connectivity index (χ2n) is 4.51. The van der Waals surface area contributed by atoms with Gasteiger partial charge < -0.3 is 5.32 Å². The minimum absolute atomic E-state index is 0.187. The molecule has 0 saturated carbocycles. The molecular formula is C14H13F4N3. The van der Waals surface area contributed by atoms with Crippen molar-refractivity contribution in [2.45, 2.75) is 26.2 Å². The fourth-order valence-electron chi connectivity index (χ4n) is 1.84. The molecule has 0 unspecified atom stereocenters. The molecule has 0 aliphatic carbocycles. The summed E-state index contributed by atoms with van der Waals surface area (Å²) in [5.74, 6) is -0.645. The number of hydrogen-bond acceptors (Lipinski definition) is 3. The molecule has 0 bridgehead atoms. The van der Waals surface area contributed by atoms with E-state index >= 15 is 0 Å². The maximum atomic E-state index is 13.1. The summed E-state index contributed by atoms with van der Waals surface area (Å²) in [5, 5.41) is 2.96. The Morgan fingerprint density at radius 3 is 2.57 bits per heavy atom. The van der Waals surface area contributed by atoms with Gasteiger partial charge in [-0.15, -0.1) is 0 Å². The minimum Gasteiger partial charge on any atom is -0.307 e. The third kappa shape index (κ3) is 4.22. The van der Waals surface area contributed by atoms with Gasteiger partial charge in [-0.2, -0.15) is 13.2 Å². The molecule has 1 aromatic carbocycles. The molecule has 0 aliphatic heterocycles. The summed E-state index contributed by atoms with van der Waals surface area (Å²) in [4.78, 5) is 8.11. The molecule has 2 rings (SSSR count). The van der Waals surface area contributed by atoms with Crippen molar-refractivity contribution in [2.75, 3.05) is 0 Å². The van der Waals surface area contributed by atoms with Crippen LogP contribution in [0.2, 0.25) is 0 Å². The van der Waals surface area contributed by atoms with Gasteiger partial charge >= 0.3 is 6.18 Å². The quantitative estimate of drug-likeness (QED) is 0.881. The van der Waals surface area contributed by atoms with Crippen molar-refractivity contribution < 1.29 is 17.6 Å². The summed E-state index contributed by atoms with van der Waals surface area (Å²) in [7, 11) is 0. The van der Waals surface area contributed by atoms with E-state index in [-0.39, 0.29) is 6.54 Å². The number of nitrogens with zero attached hydrogens (tertiary/aromatic N) is 2. The number of alkyl halides is 3. The average molecular weight is 299 g/mol. The van der Waals surface area contributed by atoms with Crippen molar-refractivity contribution in [2.24, 2.45) is 0 Å². The van der Waals surface area contributed by atoms with Gasteiger partial charge in [-0.05, 0) is 30.7 Å². The first-order chi connectivity index (χ1) is 9.86. The molecule has 2 aromatic rings. The zero-order valence-electron chi connectivity index (χ0n) is 11.2. The summed E-state index contributed by atoms with van der Waals surface area (Å²) in [6.45, 7) is 2.33. The van der Waals surface area contributed by atoms with Crippen LogP contribution in [0.3, 0.4) is 0 Å². The normalized spacial score (nSPS) is 11.7. The van der Waals surface area contributed by atoms with Gasteiger partial charge in [0.05, 0.1) is 11.3 Å². The molecule has 7 heteroatoms. The van der Waals surface area contributed by atoms with Crippen molar-refractivity contribution in [3.8, 4) is 0 Å². The highest BCUT2D eigenvalue weighted by atomic mass is 19.4. The van der Waals surface area contributed by atoms with Gasteiger partial charge in [0.25, 0.3) is 0 Å².